The quantitative estimate of drug-likeness (QED) is 0.563. The summed E-state index contributed by atoms with van der Waals surface area (Å²) in [4.78, 5) is 8.32. The van der Waals surface area contributed by atoms with Gasteiger partial charge in [0.1, 0.15) is 12.2 Å². The lowest BCUT2D eigenvalue weighted by Crippen LogP contribution is -1.87. The van der Waals surface area contributed by atoms with Crippen molar-refractivity contribution in [2.24, 2.45) is 0 Å². The Balaban J connectivity index is 2.95. The van der Waals surface area contributed by atoms with Crippen molar-refractivity contribution in [3.8, 4) is 0 Å². The topological polar surface area (TPSA) is 30.2 Å². The molecule has 3 nitrogen and oxygen atoms in total. The van der Waals surface area contributed by atoms with E-state index in [2.05, 4.69) is 9.97 Å². The van der Waals surface area contributed by atoms with Crippen LogP contribution < -0.4 is 0 Å². The van der Waals surface area contributed by atoms with Crippen LogP contribution in [0.1, 0.15) is 11.5 Å². The molecule has 0 aliphatic carbocycles. The highest BCUT2D eigenvalue weighted by atomic mass is 15.0. The molecule has 0 aliphatic heterocycles. The molecule has 0 radical (unpaired) electrons. The zero-order valence-electron chi connectivity index (χ0n) is 6.57. The summed E-state index contributed by atoms with van der Waals surface area (Å²) in [7, 11) is 0. The average molecular weight is 147 g/mol. The van der Waals surface area contributed by atoms with Gasteiger partial charge in [0.2, 0.25) is 0 Å². The Morgan fingerprint density at radius 1 is 1.36 bits per heavy atom. The molecule has 2 rings (SSSR count). The summed E-state index contributed by atoms with van der Waals surface area (Å²) in [5, 5.41) is 0. The van der Waals surface area contributed by atoms with E-state index in [9.17, 15) is 0 Å². The molecule has 0 aliphatic rings. The Hall–Kier alpha value is -1.38. The van der Waals surface area contributed by atoms with Gasteiger partial charge in [-0.25, -0.2) is 9.97 Å². The van der Waals surface area contributed by atoms with Gasteiger partial charge in [0.05, 0.1) is 11.2 Å². The van der Waals surface area contributed by atoms with E-state index in [-0.39, 0.29) is 0 Å². The van der Waals surface area contributed by atoms with E-state index in [1.165, 1.54) is 0 Å². The van der Waals surface area contributed by atoms with E-state index in [0.717, 1.165) is 17.0 Å². The minimum absolute atomic E-state index is 0.991. The highest BCUT2D eigenvalue weighted by Gasteiger charge is 2.01. The lowest BCUT2D eigenvalue weighted by molar-refractivity contribution is 0.997. The molecule has 2 aromatic heterocycles. The predicted octanol–water partition coefficient (Wildman–Crippen LogP) is 1.35. The van der Waals surface area contributed by atoms with Crippen LogP contribution in [0.25, 0.3) is 5.52 Å². The summed E-state index contributed by atoms with van der Waals surface area (Å²) in [6, 6.07) is 1.97. The fourth-order valence-corrected chi connectivity index (χ4v) is 1.27. The van der Waals surface area contributed by atoms with Gasteiger partial charge in [-0.05, 0) is 19.9 Å². The van der Waals surface area contributed by atoms with Gasteiger partial charge in [-0.1, -0.05) is 0 Å². The summed E-state index contributed by atoms with van der Waals surface area (Å²) in [5.74, 6) is 0.991. The molecule has 3 heteroatoms. The Morgan fingerprint density at radius 3 is 2.91 bits per heavy atom. The van der Waals surface area contributed by atoms with Gasteiger partial charge < -0.3 is 0 Å². The SMILES string of the molecule is Cc1nc(C)n2cnccc12. The number of hydrogen-bond donors (Lipinski definition) is 0. The number of nitrogens with zero attached hydrogens (tertiary/aromatic N) is 3. The second kappa shape index (κ2) is 2.05. The molecule has 2 heterocycles. The zero-order chi connectivity index (χ0) is 7.84. The Morgan fingerprint density at radius 2 is 2.18 bits per heavy atom. The minimum atomic E-state index is 0.991. The van der Waals surface area contributed by atoms with Crippen molar-refractivity contribution in [3.63, 3.8) is 0 Å². The molecular formula is C8H9N3. The van der Waals surface area contributed by atoms with Crippen molar-refractivity contribution in [1.29, 1.82) is 0 Å². The second-order valence-electron chi connectivity index (χ2n) is 2.58. The predicted molar refractivity (Wildman–Crippen MR) is 42.5 cm³/mol. The summed E-state index contributed by atoms with van der Waals surface area (Å²) >= 11 is 0. The molecule has 0 fully saturated rings. The third kappa shape index (κ3) is 0.808. The largest absolute Gasteiger partial charge is 0.287 e. The van der Waals surface area contributed by atoms with Crippen molar-refractivity contribution in [2.45, 2.75) is 13.8 Å². The summed E-state index contributed by atoms with van der Waals surface area (Å²) in [5.41, 5.74) is 2.20. The maximum atomic E-state index is 4.31. The molecule has 11 heavy (non-hydrogen) atoms. The van der Waals surface area contributed by atoms with Gasteiger partial charge in [-0.2, -0.15) is 0 Å². The maximum absolute atomic E-state index is 4.31. The van der Waals surface area contributed by atoms with E-state index >= 15 is 0 Å². The molecular weight excluding hydrogens is 138 g/mol. The van der Waals surface area contributed by atoms with Crippen LogP contribution in [0.5, 0.6) is 0 Å². The first-order valence-corrected chi connectivity index (χ1v) is 3.54. The highest BCUT2D eigenvalue weighted by molar-refractivity contribution is 5.51. The molecule has 0 aromatic carbocycles. The number of aryl methyl sites for hydroxylation is 2. The fourth-order valence-electron chi connectivity index (χ4n) is 1.27. The lowest BCUT2D eigenvalue weighted by Gasteiger charge is -1.91. The number of rotatable bonds is 0. The number of hydrogen-bond acceptors (Lipinski definition) is 2. The highest BCUT2D eigenvalue weighted by Crippen LogP contribution is 2.08. The number of aromatic nitrogens is 3. The summed E-state index contributed by atoms with van der Waals surface area (Å²) in [6.07, 6.45) is 3.56. The first-order valence-electron chi connectivity index (χ1n) is 3.54. The molecule has 0 saturated carbocycles. The Kier molecular flexibility index (Phi) is 1.18. The zero-order valence-corrected chi connectivity index (χ0v) is 6.57. The molecule has 0 amide bonds. The Bertz CT molecular complexity index is 353. The van der Waals surface area contributed by atoms with Gasteiger partial charge in [-0.3, -0.25) is 4.40 Å². The first-order chi connectivity index (χ1) is 5.29. The molecule has 0 saturated heterocycles. The smallest absolute Gasteiger partial charge is 0.111 e. The van der Waals surface area contributed by atoms with Gasteiger partial charge in [0.25, 0.3) is 0 Å². The van der Waals surface area contributed by atoms with E-state index in [4.69, 9.17) is 0 Å². The minimum Gasteiger partial charge on any atom is -0.287 e. The molecule has 56 valence electrons. The van der Waals surface area contributed by atoms with Crippen molar-refractivity contribution >= 4 is 5.52 Å². The van der Waals surface area contributed by atoms with Crippen LogP contribution in [-0.2, 0) is 0 Å². The molecule has 0 N–H and O–H groups in total. The number of fused-ring (bicyclic) bond motifs is 1. The standard InChI is InChI=1S/C8H9N3/c1-6-8-3-4-9-5-11(8)7(2)10-6/h3-5H,1-2H3. The van der Waals surface area contributed by atoms with Gasteiger partial charge in [-0.15, -0.1) is 0 Å². The second-order valence-corrected chi connectivity index (χ2v) is 2.58. The fraction of sp³-hybridized carbons (Fsp3) is 0.250. The van der Waals surface area contributed by atoms with Crippen molar-refractivity contribution in [1.82, 2.24) is 14.4 Å². The van der Waals surface area contributed by atoms with E-state index in [1.54, 1.807) is 12.5 Å². The monoisotopic (exact) mass is 147 g/mol. The van der Waals surface area contributed by atoms with Gasteiger partial charge >= 0.3 is 0 Å². The maximum Gasteiger partial charge on any atom is 0.111 e. The summed E-state index contributed by atoms with van der Waals surface area (Å²) in [6.45, 7) is 3.98. The van der Waals surface area contributed by atoms with Gasteiger partial charge in [0, 0.05) is 6.20 Å². The molecule has 0 unspecified atom stereocenters. The third-order valence-electron chi connectivity index (χ3n) is 1.81. The number of imidazole rings is 1. The van der Waals surface area contributed by atoms with Crippen molar-refractivity contribution in [3.05, 3.63) is 30.1 Å². The lowest BCUT2D eigenvalue weighted by atomic mass is 10.4. The van der Waals surface area contributed by atoms with Crippen LogP contribution in [0.3, 0.4) is 0 Å². The van der Waals surface area contributed by atoms with E-state index in [0.29, 0.717) is 0 Å². The van der Waals surface area contributed by atoms with Crippen molar-refractivity contribution < 1.29 is 0 Å². The third-order valence-corrected chi connectivity index (χ3v) is 1.81. The van der Waals surface area contributed by atoms with Gasteiger partial charge in [0.15, 0.2) is 0 Å². The first kappa shape index (κ1) is 6.34. The molecule has 2 aromatic rings. The van der Waals surface area contributed by atoms with Crippen LogP contribution in [0.4, 0.5) is 0 Å². The molecule has 0 atom stereocenters. The van der Waals surface area contributed by atoms with Crippen LogP contribution >= 0.6 is 0 Å². The summed E-state index contributed by atoms with van der Waals surface area (Å²) < 4.78 is 1.98. The molecule has 0 bridgehead atoms. The van der Waals surface area contributed by atoms with Crippen molar-refractivity contribution in [2.75, 3.05) is 0 Å². The van der Waals surface area contributed by atoms with Crippen LogP contribution in [0, 0.1) is 13.8 Å². The van der Waals surface area contributed by atoms with E-state index in [1.807, 2.05) is 24.3 Å². The average Bonchev–Trinajstić information content (AvgIpc) is 2.30. The van der Waals surface area contributed by atoms with Crippen LogP contribution in [-0.4, -0.2) is 14.4 Å². The normalized spacial score (nSPS) is 10.7. The van der Waals surface area contributed by atoms with Crippen LogP contribution in [0.15, 0.2) is 18.6 Å². The van der Waals surface area contributed by atoms with E-state index < -0.39 is 0 Å². The van der Waals surface area contributed by atoms with Crippen LogP contribution in [0.2, 0.25) is 0 Å². The molecule has 0 spiro atoms. The Labute approximate surface area is 64.7 Å².